The highest BCUT2D eigenvalue weighted by Crippen LogP contribution is 2.36. The quantitative estimate of drug-likeness (QED) is 0.386. The average molecular weight is 298 g/mol. The molecule has 2 aromatic carbocycles. The maximum Gasteiger partial charge on any atom is 0.315 e. The van der Waals surface area contributed by atoms with E-state index >= 15 is 0 Å². The number of hydrogen-bond acceptors (Lipinski definition) is 6. The van der Waals surface area contributed by atoms with Crippen molar-refractivity contribution in [3.05, 3.63) is 63.2 Å². The summed E-state index contributed by atoms with van der Waals surface area (Å²) in [6.45, 7) is 0. The molecule has 0 spiro atoms. The third-order valence-electron chi connectivity index (χ3n) is 3.08. The van der Waals surface area contributed by atoms with Gasteiger partial charge in [-0.3, -0.25) is 14.9 Å². The third-order valence-corrected chi connectivity index (χ3v) is 3.08. The summed E-state index contributed by atoms with van der Waals surface area (Å²) in [5.74, 6) is -2.15. The summed E-state index contributed by atoms with van der Waals surface area (Å²) in [5.41, 5.74) is -0.0646. The summed E-state index contributed by atoms with van der Waals surface area (Å²) in [6, 6.07) is 10.3. The fourth-order valence-electron chi connectivity index (χ4n) is 1.96. The SMILES string of the molecule is N#Cc1ccccc1CC(=O)c1cc(O)c(O)c([N+](=O)[O-])c1. The highest BCUT2D eigenvalue weighted by atomic mass is 16.6. The van der Waals surface area contributed by atoms with Gasteiger partial charge in [-0.1, -0.05) is 18.2 Å². The molecule has 0 saturated heterocycles. The Bertz CT molecular complexity index is 808. The van der Waals surface area contributed by atoms with E-state index in [0.29, 0.717) is 11.1 Å². The van der Waals surface area contributed by atoms with E-state index in [1.807, 2.05) is 6.07 Å². The van der Waals surface area contributed by atoms with Gasteiger partial charge in [0, 0.05) is 18.1 Å². The lowest BCUT2D eigenvalue weighted by Gasteiger charge is -2.05. The van der Waals surface area contributed by atoms with E-state index in [-0.39, 0.29) is 12.0 Å². The number of phenolic OH excluding ortho intramolecular Hbond substituents is 2. The van der Waals surface area contributed by atoms with Gasteiger partial charge in [-0.15, -0.1) is 0 Å². The minimum absolute atomic E-state index is 0.116. The van der Waals surface area contributed by atoms with Gasteiger partial charge in [0.15, 0.2) is 11.5 Å². The molecule has 0 atom stereocenters. The summed E-state index contributed by atoms with van der Waals surface area (Å²) >= 11 is 0. The molecule has 2 aromatic rings. The first-order valence-electron chi connectivity index (χ1n) is 6.15. The number of nitriles is 1. The second-order valence-electron chi connectivity index (χ2n) is 4.49. The zero-order chi connectivity index (χ0) is 16.3. The molecule has 0 saturated carbocycles. The minimum Gasteiger partial charge on any atom is -0.504 e. The van der Waals surface area contributed by atoms with Crippen LogP contribution < -0.4 is 0 Å². The minimum atomic E-state index is -0.894. The molecule has 0 aromatic heterocycles. The van der Waals surface area contributed by atoms with Crippen LogP contribution >= 0.6 is 0 Å². The van der Waals surface area contributed by atoms with Crippen molar-refractivity contribution in [3.8, 4) is 17.6 Å². The Morgan fingerprint density at radius 3 is 2.59 bits per heavy atom. The normalized spacial score (nSPS) is 9.95. The van der Waals surface area contributed by atoms with E-state index in [9.17, 15) is 25.1 Å². The molecule has 0 unspecified atom stereocenters. The Kier molecular flexibility index (Phi) is 4.04. The number of nitrogens with zero attached hydrogens (tertiary/aromatic N) is 2. The van der Waals surface area contributed by atoms with Crippen LogP contribution in [0, 0.1) is 21.4 Å². The van der Waals surface area contributed by atoms with E-state index in [2.05, 4.69) is 0 Å². The van der Waals surface area contributed by atoms with Gasteiger partial charge in [-0.05, 0) is 17.7 Å². The molecule has 7 heteroatoms. The van der Waals surface area contributed by atoms with Gasteiger partial charge in [-0.2, -0.15) is 5.26 Å². The molecular weight excluding hydrogens is 288 g/mol. The number of ketones is 1. The fraction of sp³-hybridized carbons (Fsp3) is 0.0667. The maximum absolute atomic E-state index is 12.2. The first kappa shape index (κ1) is 15.0. The van der Waals surface area contributed by atoms with Crippen molar-refractivity contribution in [1.29, 1.82) is 5.26 Å². The zero-order valence-corrected chi connectivity index (χ0v) is 11.2. The van der Waals surface area contributed by atoms with Crippen molar-refractivity contribution >= 4 is 11.5 Å². The summed E-state index contributed by atoms with van der Waals surface area (Å²) < 4.78 is 0. The number of benzene rings is 2. The van der Waals surface area contributed by atoms with Crippen LogP contribution in [-0.4, -0.2) is 20.9 Å². The van der Waals surface area contributed by atoms with Crippen molar-refractivity contribution < 1.29 is 19.9 Å². The van der Waals surface area contributed by atoms with Crippen molar-refractivity contribution in [2.24, 2.45) is 0 Å². The second kappa shape index (κ2) is 5.93. The number of aromatic hydroxyl groups is 2. The molecule has 0 bridgehead atoms. The largest absolute Gasteiger partial charge is 0.504 e. The number of phenols is 2. The highest BCUT2D eigenvalue weighted by molar-refractivity contribution is 5.99. The van der Waals surface area contributed by atoms with Gasteiger partial charge in [0.1, 0.15) is 0 Å². The van der Waals surface area contributed by atoms with Crippen LogP contribution in [0.3, 0.4) is 0 Å². The van der Waals surface area contributed by atoms with Crippen LogP contribution in [0.5, 0.6) is 11.5 Å². The van der Waals surface area contributed by atoms with Crippen molar-refractivity contribution in [2.75, 3.05) is 0 Å². The van der Waals surface area contributed by atoms with Gasteiger partial charge < -0.3 is 10.2 Å². The topological polar surface area (TPSA) is 124 Å². The van der Waals surface area contributed by atoms with Gasteiger partial charge in [0.2, 0.25) is 5.75 Å². The third kappa shape index (κ3) is 2.86. The first-order chi connectivity index (χ1) is 10.4. The number of nitro benzene ring substituents is 1. The Hall–Kier alpha value is -3.40. The Labute approximate surface area is 124 Å². The van der Waals surface area contributed by atoms with Crippen LogP contribution in [0.1, 0.15) is 21.5 Å². The number of Topliss-reactive ketones (excluding diaryl/α,β-unsaturated/α-hetero) is 1. The Balaban J connectivity index is 2.39. The number of rotatable bonds is 4. The lowest BCUT2D eigenvalue weighted by atomic mass is 9.98. The molecule has 0 amide bonds. The lowest BCUT2D eigenvalue weighted by Crippen LogP contribution is -2.06. The van der Waals surface area contributed by atoms with E-state index in [1.54, 1.807) is 24.3 Å². The molecule has 0 aliphatic carbocycles. The number of carbonyl (C=O) groups is 1. The number of hydrogen-bond donors (Lipinski definition) is 2. The Morgan fingerprint density at radius 1 is 1.27 bits per heavy atom. The smallest absolute Gasteiger partial charge is 0.315 e. The highest BCUT2D eigenvalue weighted by Gasteiger charge is 2.22. The number of carbonyl (C=O) groups excluding carboxylic acids is 1. The predicted molar refractivity (Wildman–Crippen MR) is 75.6 cm³/mol. The molecule has 0 aliphatic rings. The summed E-state index contributed by atoms with van der Waals surface area (Å²) in [4.78, 5) is 22.1. The standard InChI is InChI=1S/C15H10N2O5/c16-8-10-4-2-1-3-9(10)6-13(18)11-5-12(17(21)22)15(20)14(19)7-11/h1-5,7,19-20H,6H2. The lowest BCUT2D eigenvalue weighted by molar-refractivity contribution is -0.386. The molecule has 0 heterocycles. The van der Waals surface area contributed by atoms with Crippen molar-refractivity contribution in [2.45, 2.75) is 6.42 Å². The maximum atomic E-state index is 12.2. The monoisotopic (exact) mass is 298 g/mol. The van der Waals surface area contributed by atoms with Crippen LogP contribution in [-0.2, 0) is 6.42 Å². The first-order valence-corrected chi connectivity index (χ1v) is 6.15. The van der Waals surface area contributed by atoms with Gasteiger partial charge in [0.25, 0.3) is 0 Å². The molecule has 2 rings (SSSR count). The molecule has 7 nitrogen and oxygen atoms in total. The molecule has 0 aliphatic heterocycles. The molecule has 22 heavy (non-hydrogen) atoms. The fourth-order valence-corrected chi connectivity index (χ4v) is 1.96. The van der Waals surface area contributed by atoms with E-state index in [1.165, 1.54) is 0 Å². The molecule has 0 fully saturated rings. The molecule has 0 radical (unpaired) electrons. The second-order valence-corrected chi connectivity index (χ2v) is 4.49. The van der Waals surface area contributed by atoms with Crippen LogP contribution in [0.4, 0.5) is 5.69 Å². The summed E-state index contributed by atoms with van der Waals surface area (Å²) in [5, 5.41) is 38.6. The van der Waals surface area contributed by atoms with Gasteiger partial charge >= 0.3 is 5.69 Å². The molecule has 110 valence electrons. The molecular formula is C15H10N2O5. The van der Waals surface area contributed by atoms with E-state index in [0.717, 1.165) is 12.1 Å². The van der Waals surface area contributed by atoms with Gasteiger partial charge in [0.05, 0.1) is 16.6 Å². The van der Waals surface area contributed by atoms with Gasteiger partial charge in [-0.25, -0.2) is 0 Å². The average Bonchev–Trinajstić information content (AvgIpc) is 2.50. The van der Waals surface area contributed by atoms with Crippen molar-refractivity contribution in [3.63, 3.8) is 0 Å². The van der Waals surface area contributed by atoms with E-state index < -0.39 is 27.9 Å². The van der Waals surface area contributed by atoms with E-state index in [4.69, 9.17) is 5.26 Å². The summed E-state index contributed by atoms with van der Waals surface area (Å²) in [6.07, 6.45) is -0.148. The zero-order valence-electron chi connectivity index (χ0n) is 11.2. The summed E-state index contributed by atoms with van der Waals surface area (Å²) in [7, 11) is 0. The Morgan fingerprint density at radius 2 is 1.95 bits per heavy atom. The predicted octanol–water partition coefficient (Wildman–Crippen LogP) is 2.30. The van der Waals surface area contributed by atoms with Crippen LogP contribution in [0.2, 0.25) is 0 Å². The van der Waals surface area contributed by atoms with Crippen LogP contribution in [0.25, 0.3) is 0 Å². The molecule has 2 N–H and O–H groups in total. The van der Waals surface area contributed by atoms with Crippen LogP contribution in [0.15, 0.2) is 36.4 Å². The number of nitro groups is 1. The van der Waals surface area contributed by atoms with Crippen molar-refractivity contribution in [1.82, 2.24) is 0 Å².